The van der Waals surface area contributed by atoms with Gasteiger partial charge in [0.25, 0.3) is 0 Å². The first kappa shape index (κ1) is 14.8. The lowest BCUT2D eigenvalue weighted by atomic mass is 9.94. The van der Waals surface area contributed by atoms with Crippen LogP contribution in [0.2, 0.25) is 0 Å². The number of carbonyl (C=O) groups is 1. The number of nitrogens with zero attached hydrogens (tertiary/aromatic N) is 1. The van der Waals surface area contributed by atoms with Crippen molar-refractivity contribution in [2.75, 3.05) is 6.26 Å². The van der Waals surface area contributed by atoms with Gasteiger partial charge in [0.15, 0.2) is 4.90 Å². The van der Waals surface area contributed by atoms with Crippen LogP contribution in [0.15, 0.2) is 39.8 Å². The average molecular weight is 290 g/mol. The van der Waals surface area contributed by atoms with Gasteiger partial charge in [-0.15, -0.1) is 0 Å². The third-order valence-electron chi connectivity index (χ3n) is 3.26. The molecule has 106 valence electrons. The Kier molecular flexibility index (Phi) is 4.62. The van der Waals surface area contributed by atoms with Crippen molar-refractivity contribution in [2.24, 2.45) is 11.0 Å². The molecule has 1 aliphatic heterocycles. The van der Waals surface area contributed by atoms with Crippen molar-refractivity contribution in [1.29, 1.82) is 0 Å². The quantitative estimate of drug-likeness (QED) is 0.868. The smallest absolute Gasteiger partial charge is 0.240 e. The van der Waals surface area contributed by atoms with Gasteiger partial charge in [0.1, 0.15) is 6.26 Å². The minimum absolute atomic E-state index is 0.0381. The van der Waals surface area contributed by atoms with E-state index in [-0.39, 0.29) is 11.8 Å². The fourth-order valence-electron chi connectivity index (χ4n) is 2.21. The molecular weight excluding hydrogens is 272 g/mol. The minimum atomic E-state index is -0.956. The number of allylic oxidation sites excluding steroid dienone is 1. The van der Waals surface area contributed by atoms with E-state index in [4.69, 9.17) is 0 Å². The molecule has 0 saturated heterocycles. The highest BCUT2D eigenvalue weighted by molar-refractivity contribution is 7.90. The van der Waals surface area contributed by atoms with Crippen LogP contribution in [0.4, 0.5) is 0 Å². The lowest BCUT2D eigenvalue weighted by Gasteiger charge is -2.19. The van der Waals surface area contributed by atoms with Crippen LogP contribution < -0.4 is 5.43 Å². The van der Waals surface area contributed by atoms with Crippen LogP contribution in [0, 0.1) is 5.92 Å². The monoisotopic (exact) mass is 290 g/mol. The fraction of sp³-hybridized carbons (Fsp3) is 0.333. The second-order valence-corrected chi connectivity index (χ2v) is 6.37. The predicted molar refractivity (Wildman–Crippen MR) is 81.8 cm³/mol. The van der Waals surface area contributed by atoms with Gasteiger partial charge in [-0.05, 0) is 53.5 Å². The predicted octanol–water partition coefficient (Wildman–Crippen LogP) is 2.34. The van der Waals surface area contributed by atoms with Gasteiger partial charge >= 0.3 is 0 Å². The van der Waals surface area contributed by atoms with Crippen molar-refractivity contribution in [2.45, 2.75) is 25.2 Å². The Bertz CT molecular complexity index is 562. The molecule has 5 heteroatoms. The maximum absolute atomic E-state index is 11.3. The van der Waals surface area contributed by atoms with E-state index >= 15 is 0 Å². The van der Waals surface area contributed by atoms with Crippen molar-refractivity contribution >= 4 is 28.9 Å². The van der Waals surface area contributed by atoms with E-state index in [2.05, 4.69) is 10.5 Å². The topological polar surface area (TPSA) is 64.5 Å². The molecule has 0 aliphatic carbocycles. The molecule has 1 aliphatic rings. The molecule has 1 amide bonds. The minimum Gasteiger partial charge on any atom is -0.612 e. The van der Waals surface area contributed by atoms with Crippen molar-refractivity contribution in [3.8, 4) is 0 Å². The number of hydrazone groups is 1. The number of rotatable bonds is 3. The fourth-order valence-corrected chi connectivity index (χ4v) is 2.73. The van der Waals surface area contributed by atoms with Crippen molar-refractivity contribution in [3.05, 3.63) is 35.4 Å². The van der Waals surface area contributed by atoms with E-state index in [1.165, 1.54) is 0 Å². The van der Waals surface area contributed by atoms with Crippen LogP contribution in [0.3, 0.4) is 0 Å². The molecule has 0 fully saturated rings. The molecule has 1 heterocycles. The summed E-state index contributed by atoms with van der Waals surface area (Å²) < 4.78 is 11.3. The van der Waals surface area contributed by atoms with Crippen LogP contribution in [0.25, 0.3) is 6.08 Å². The van der Waals surface area contributed by atoms with E-state index in [1.54, 1.807) is 6.26 Å². The first-order valence-electron chi connectivity index (χ1n) is 6.46. The Balaban J connectivity index is 2.19. The number of hydrogen-bond acceptors (Lipinski definition) is 3. The van der Waals surface area contributed by atoms with Crippen LogP contribution >= 0.6 is 0 Å². The molecule has 1 N–H and O–H groups in total. The van der Waals surface area contributed by atoms with Gasteiger partial charge in [-0.1, -0.05) is 13.0 Å². The van der Waals surface area contributed by atoms with Crippen molar-refractivity contribution < 1.29 is 9.35 Å². The molecule has 0 bridgehead atoms. The van der Waals surface area contributed by atoms with E-state index in [0.29, 0.717) is 6.42 Å². The molecule has 20 heavy (non-hydrogen) atoms. The summed E-state index contributed by atoms with van der Waals surface area (Å²) in [7, 11) is 0. The van der Waals surface area contributed by atoms with Gasteiger partial charge in [-0.25, -0.2) is 5.43 Å². The third kappa shape index (κ3) is 3.49. The Morgan fingerprint density at radius 3 is 2.65 bits per heavy atom. The molecule has 0 aromatic heterocycles. The van der Waals surface area contributed by atoms with Crippen LogP contribution in [0.1, 0.15) is 25.8 Å². The Morgan fingerprint density at radius 2 is 2.10 bits per heavy atom. The lowest BCUT2D eigenvalue weighted by molar-refractivity contribution is -0.121. The van der Waals surface area contributed by atoms with Gasteiger partial charge < -0.3 is 4.55 Å². The van der Waals surface area contributed by atoms with Gasteiger partial charge in [-0.3, -0.25) is 4.79 Å². The summed E-state index contributed by atoms with van der Waals surface area (Å²) in [6.45, 7) is 3.98. The molecule has 0 radical (unpaired) electrons. The molecule has 1 aromatic carbocycles. The number of nitrogens with one attached hydrogen (secondary N) is 1. The Morgan fingerprint density at radius 1 is 1.45 bits per heavy atom. The second-order valence-electron chi connectivity index (χ2n) is 4.99. The summed E-state index contributed by atoms with van der Waals surface area (Å²) in [5.41, 5.74) is 5.49. The van der Waals surface area contributed by atoms with Crippen molar-refractivity contribution in [1.82, 2.24) is 5.43 Å². The maximum atomic E-state index is 11.3. The summed E-state index contributed by atoms with van der Waals surface area (Å²) >= 11 is -0.956. The van der Waals surface area contributed by atoms with E-state index < -0.39 is 11.2 Å². The Hall–Kier alpha value is -1.59. The zero-order chi connectivity index (χ0) is 14.7. The van der Waals surface area contributed by atoms with E-state index in [1.807, 2.05) is 44.2 Å². The zero-order valence-electron chi connectivity index (χ0n) is 11.8. The number of hydrogen-bond donors (Lipinski definition) is 1. The number of carbonyl (C=O) groups excluding carboxylic acids is 1. The highest BCUT2D eigenvalue weighted by atomic mass is 32.2. The van der Waals surface area contributed by atoms with Gasteiger partial charge in [-0.2, -0.15) is 5.10 Å². The molecule has 4 nitrogen and oxygen atoms in total. The standard InChI is InChI=1S/C15H18N2O2S/c1-10(15-11(2)9-14(18)16-17-15)8-12-4-6-13(7-5-12)20(3)19/h4-8,11H,9H2,1-3H3,(H,16,18). The molecule has 0 saturated carbocycles. The summed E-state index contributed by atoms with van der Waals surface area (Å²) in [6.07, 6.45) is 4.16. The van der Waals surface area contributed by atoms with Crippen LogP contribution in [0.5, 0.6) is 0 Å². The van der Waals surface area contributed by atoms with Gasteiger partial charge in [0, 0.05) is 12.3 Å². The van der Waals surface area contributed by atoms with Gasteiger partial charge in [0.2, 0.25) is 5.91 Å². The number of benzene rings is 1. The van der Waals surface area contributed by atoms with Gasteiger partial charge in [0.05, 0.1) is 5.71 Å². The average Bonchev–Trinajstić information content (AvgIpc) is 2.39. The molecule has 1 aromatic rings. The normalized spacial score (nSPS) is 21.2. The largest absolute Gasteiger partial charge is 0.612 e. The molecule has 2 rings (SSSR count). The SMILES string of the molecule is CC(=Cc1ccc([S+](C)[O-])cc1)C1=NNC(=O)CC1C. The Labute approximate surface area is 122 Å². The van der Waals surface area contributed by atoms with Crippen LogP contribution in [-0.2, 0) is 16.0 Å². The van der Waals surface area contributed by atoms with Crippen LogP contribution in [-0.4, -0.2) is 22.4 Å². The highest BCUT2D eigenvalue weighted by Gasteiger charge is 2.21. The number of amides is 1. The summed E-state index contributed by atoms with van der Waals surface area (Å²) in [4.78, 5) is 12.0. The third-order valence-corrected chi connectivity index (χ3v) is 4.19. The molecular formula is C15H18N2O2S. The van der Waals surface area contributed by atoms with Crippen molar-refractivity contribution in [3.63, 3.8) is 0 Å². The first-order valence-corrected chi connectivity index (χ1v) is 8.01. The lowest BCUT2D eigenvalue weighted by Crippen LogP contribution is -2.31. The van der Waals surface area contributed by atoms with E-state index in [0.717, 1.165) is 21.7 Å². The highest BCUT2D eigenvalue weighted by Crippen LogP contribution is 2.19. The summed E-state index contributed by atoms with van der Waals surface area (Å²) in [6, 6.07) is 7.60. The molecule has 2 atom stereocenters. The molecule has 0 spiro atoms. The summed E-state index contributed by atoms with van der Waals surface area (Å²) in [5.74, 6) is 0.0891. The van der Waals surface area contributed by atoms with E-state index in [9.17, 15) is 9.35 Å². The summed E-state index contributed by atoms with van der Waals surface area (Å²) in [5, 5.41) is 4.13. The maximum Gasteiger partial charge on any atom is 0.240 e. The first-order chi connectivity index (χ1) is 9.47. The second kappa shape index (κ2) is 6.24. The molecule has 2 unspecified atom stereocenters. The zero-order valence-corrected chi connectivity index (χ0v) is 12.7.